The lowest BCUT2D eigenvalue weighted by Crippen LogP contribution is -2.73. The van der Waals surface area contributed by atoms with Gasteiger partial charge < -0.3 is 10.0 Å². The summed E-state index contributed by atoms with van der Waals surface area (Å²) >= 11 is 0. The Bertz CT molecular complexity index is 956. The zero-order valence-corrected chi connectivity index (χ0v) is 20.0. The molecule has 0 radical (unpaired) electrons. The number of thiol groups is 1. The molecule has 6 nitrogen and oxygen atoms in total. The predicted octanol–water partition coefficient (Wildman–Crippen LogP) is 3.03. The SMILES string of the molecule is CC(C)(C)[Si](c1ccccc1)(c1ccccc1)N(/C=C/C1CCCN1C(=O)O)[SH](=O)=O. The number of hydrogen-bond acceptors (Lipinski definition) is 3. The maximum atomic E-state index is 12.8. The lowest BCUT2D eigenvalue weighted by Gasteiger charge is -2.47. The first-order valence-corrected chi connectivity index (χ1v) is 13.5. The molecule has 8 heteroatoms. The van der Waals surface area contributed by atoms with Crippen molar-refractivity contribution in [1.82, 2.24) is 8.87 Å². The van der Waals surface area contributed by atoms with E-state index in [4.69, 9.17) is 0 Å². The minimum absolute atomic E-state index is 0.326. The van der Waals surface area contributed by atoms with Crippen molar-refractivity contribution in [2.24, 2.45) is 0 Å². The second-order valence-electron chi connectivity index (χ2n) is 8.80. The van der Waals surface area contributed by atoms with E-state index in [2.05, 4.69) is 20.8 Å². The second kappa shape index (κ2) is 9.28. The van der Waals surface area contributed by atoms with Gasteiger partial charge in [0.25, 0.3) is 0 Å². The standard InChI is InChI=1S/C23H30N2O4SSi/c1-23(2,3)31(20-12-6-4-7-13-20,21-14-8-5-9-15-21)25(30(28)29)18-16-19-11-10-17-24(19)22(26)27/h4-9,12-16,18-19,30H,10-11,17H2,1-3H3,(H,26,27)/b18-16+. The van der Waals surface area contributed by atoms with E-state index in [1.807, 2.05) is 60.7 Å². The van der Waals surface area contributed by atoms with Gasteiger partial charge in [-0.15, -0.1) is 0 Å². The van der Waals surface area contributed by atoms with E-state index in [0.717, 1.165) is 16.8 Å². The van der Waals surface area contributed by atoms with Crippen molar-refractivity contribution in [1.29, 1.82) is 0 Å². The van der Waals surface area contributed by atoms with E-state index in [-0.39, 0.29) is 6.04 Å². The molecule has 1 saturated heterocycles. The van der Waals surface area contributed by atoms with Crippen LogP contribution in [0.1, 0.15) is 33.6 Å². The summed E-state index contributed by atoms with van der Waals surface area (Å²) in [6.07, 6.45) is 3.84. The van der Waals surface area contributed by atoms with E-state index >= 15 is 0 Å². The quantitative estimate of drug-likeness (QED) is 0.515. The van der Waals surface area contributed by atoms with Crippen molar-refractivity contribution >= 4 is 35.6 Å². The van der Waals surface area contributed by atoms with Crippen LogP contribution in [0.4, 0.5) is 4.79 Å². The van der Waals surface area contributed by atoms with Crippen LogP contribution in [0.25, 0.3) is 0 Å². The normalized spacial score (nSPS) is 17.4. The van der Waals surface area contributed by atoms with Crippen LogP contribution >= 0.6 is 0 Å². The molecule has 166 valence electrons. The average Bonchev–Trinajstić information content (AvgIpc) is 3.20. The summed E-state index contributed by atoms with van der Waals surface area (Å²) < 4.78 is 27.1. The largest absolute Gasteiger partial charge is 0.465 e. The summed E-state index contributed by atoms with van der Waals surface area (Å²) in [5, 5.41) is 11.1. The maximum absolute atomic E-state index is 12.8. The van der Waals surface area contributed by atoms with Gasteiger partial charge in [0, 0.05) is 12.7 Å². The Labute approximate surface area is 187 Å². The molecule has 1 aliphatic heterocycles. The minimum Gasteiger partial charge on any atom is -0.465 e. The molecular weight excluding hydrogens is 428 g/mol. The fraction of sp³-hybridized carbons (Fsp3) is 0.348. The maximum Gasteiger partial charge on any atom is 0.407 e. The van der Waals surface area contributed by atoms with Crippen LogP contribution in [0.3, 0.4) is 0 Å². The van der Waals surface area contributed by atoms with Gasteiger partial charge in [0.05, 0.1) is 6.04 Å². The molecule has 31 heavy (non-hydrogen) atoms. The van der Waals surface area contributed by atoms with E-state index in [1.54, 1.807) is 12.3 Å². The highest BCUT2D eigenvalue weighted by molar-refractivity contribution is 7.72. The molecule has 1 aliphatic rings. The summed E-state index contributed by atoms with van der Waals surface area (Å²) in [6.45, 7) is 6.71. The molecular formula is C23H30N2O4SSi. The smallest absolute Gasteiger partial charge is 0.407 e. The van der Waals surface area contributed by atoms with Crippen molar-refractivity contribution in [3.05, 3.63) is 72.9 Å². The predicted molar refractivity (Wildman–Crippen MR) is 127 cm³/mol. The lowest BCUT2D eigenvalue weighted by atomic mass is 10.2. The topological polar surface area (TPSA) is 77.9 Å². The molecule has 1 amide bonds. The molecule has 1 unspecified atom stereocenters. The second-order valence-corrected chi connectivity index (χ2v) is 14.6. The third kappa shape index (κ3) is 4.40. The summed E-state index contributed by atoms with van der Waals surface area (Å²) in [5.41, 5.74) is 0. The number of likely N-dealkylation sites (tertiary alicyclic amines) is 1. The minimum atomic E-state index is -3.08. The van der Waals surface area contributed by atoms with Gasteiger partial charge in [0.2, 0.25) is 19.1 Å². The summed E-state index contributed by atoms with van der Waals surface area (Å²) in [6, 6.07) is 19.3. The number of benzene rings is 2. The Kier molecular flexibility index (Phi) is 6.91. The molecule has 0 aromatic heterocycles. The van der Waals surface area contributed by atoms with Crippen LogP contribution in [-0.4, -0.2) is 49.3 Å². The van der Waals surface area contributed by atoms with Crippen LogP contribution < -0.4 is 10.4 Å². The highest BCUT2D eigenvalue weighted by Crippen LogP contribution is 2.38. The molecule has 3 rings (SSSR count). The molecule has 1 heterocycles. The Balaban J connectivity index is 2.23. The molecule has 1 atom stereocenters. The number of nitrogens with zero attached hydrogens (tertiary/aromatic N) is 2. The number of amides is 1. The molecule has 0 aliphatic carbocycles. The van der Waals surface area contributed by atoms with Crippen molar-refractivity contribution in [3.63, 3.8) is 0 Å². The first kappa shape index (κ1) is 23.1. The fourth-order valence-electron chi connectivity index (χ4n) is 4.70. The number of carbonyl (C=O) groups is 1. The number of rotatable bonds is 6. The first-order chi connectivity index (χ1) is 14.7. The van der Waals surface area contributed by atoms with Gasteiger partial charge in [-0.1, -0.05) is 81.4 Å². The monoisotopic (exact) mass is 458 g/mol. The third-order valence-corrected chi connectivity index (χ3v) is 13.2. The Morgan fingerprint density at radius 2 is 1.58 bits per heavy atom. The van der Waals surface area contributed by atoms with Crippen molar-refractivity contribution < 1.29 is 18.3 Å². The van der Waals surface area contributed by atoms with Crippen LogP contribution in [0, 0.1) is 0 Å². The van der Waals surface area contributed by atoms with E-state index in [1.165, 1.54) is 8.87 Å². The fourth-order valence-corrected chi connectivity index (χ4v) is 12.4. The van der Waals surface area contributed by atoms with E-state index in [0.29, 0.717) is 13.0 Å². The summed E-state index contributed by atoms with van der Waals surface area (Å²) in [5.74, 6) is 0. The highest BCUT2D eigenvalue weighted by atomic mass is 32.2. The molecule has 1 fully saturated rings. The van der Waals surface area contributed by atoms with Gasteiger partial charge >= 0.3 is 6.09 Å². The molecule has 1 N–H and O–H groups in total. The van der Waals surface area contributed by atoms with Gasteiger partial charge in [0.1, 0.15) is 0 Å². The Morgan fingerprint density at radius 1 is 1.06 bits per heavy atom. The molecule has 0 saturated carbocycles. The molecule has 0 spiro atoms. The zero-order chi connectivity index (χ0) is 22.6. The molecule has 2 aromatic rings. The Hall–Kier alpha value is -2.58. The average molecular weight is 459 g/mol. The lowest BCUT2D eigenvalue weighted by molar-refractivity contribution is 0.147. The summed E-state index contributed by atoms with van der Waals surface area (Å²) in [7, 11) is -6.05. The Morgan fingerprint density at radius 3 is 2.00 bits per heavy atom. The third-order valence-electron chi connectivity index (χ3n) is 5.98. The molecule has 2 aromatic carbocycles. The van der Waals surface area contributed by atoms with Crippen LogP contribution in [0.5, 0.6) is 0 Å². The van der Waals surface area contributed by atoms with Crippen LogP contribution in [0.2, 0.25) is 5.04 Å². The van der Waals surface area contributed by atoms with Gasteiger partial charge in [0.15, 0.2) is 0 Å². The summed E-state index contributed by atoms with van der Waals surface area (Å²) in [4.78, 5) is 12.9. The van der Waals surface area contributed by atoms with E-state index in [9.17, 15) is 18.3 Å². The van der Waals surface area contributed by atoms with Crippen molar-refractivity contribution in [2.75, 3.05) is 6.54 Å². The van der Waals surface area contributed by atoms with Crippen molar-refractivity contribution in [3.8, 4) is 0 Å². The van der Waals surface area contributed by atoms with Crippen LogP contribution in [-0.2, 0) is 10.9 Å². The van der Waals surface area contributed by atoms with E-state index < -0.39 is 30.3 Å². The van der Waals surface area contributed by atoms with Gasteiger partial charge in [-0.25, -0.2) is 13.2 Å². The highest BCUT2D eigenvalue weighted by Gasteiger charge is 2.53. The number of carboxylic acid groups (broad SMARTS) is 1. The number of hydrogen-bond donors (Lipinski definition) is 2. The molecule has 0 bridgehead atoms. The van der Waals surface area contributed by atoms with Gasteiger partial charge in [-0.05, 0) is 34.3 Å². The zero-order valence-electron chi connectivity index (χ0n) is 18.1. The van der Waals surface area contributed by atoms with Crippen molar-refractivity contribution in [2.45, 2.75) is 44.7 Å². The van der Waals surface area contributed by atoms with Crippen LogP contribution in [0.15, 0.2) is 72.9 Å². The van der Waals surface area contributed by atoms with Gasteiger partial charge in [-0.3, -0.25) is 3.97 Å². The van der Waals surface area contributed by atoms with Gasteiger partial charge in [-0.2, -0.15) is 0 Å². The first-order valence-electron chi connectivity index (χ1n) is 10.4.